The summed E-state index contributed by atoms with van der Waals surface area (Å²) in [6, 6.07) is 11.5. The third kappa shape index (κ3) is 3.42. The number of benzene rings is 1. The Kier molecular flexibility index (Phi) is 4.74. The molecule has 1 heterocycles. The first kappa shape index (κ1) is 14.1. The molecule has 0 amide bonds. The lowest BCUT2D eigenvalue weighted by atomic mass is 9.83. The normalized spacial score (nSPS) is 29.4. The van der Waals surface area contributed by atoms with Crippen molar-refractivity contribution in [1.82, 2.24) is 4.90 Å². The van der Waals surface area contributed by atoms with Crippen molar-refractivity contribution in [2.24, 2.45) is 11.7 Å². The summed E-state index contributed by atoms with van der Waals surface area (Å²) in [6.07, 6.45) is 7.94. The van der Waals surface area contributed by atoms with E-state index < -0.39 is 0 Å². The SMILES string of the molecule is N[C@@H]1CCCC[C@H]1CN1CCC(c2ccccc2)CC1. The highest BCUT2D eigenvalue weighted by Crippen LogP contribution is 2.30. The zero-order valence-corrected chi connectivity index (χ0v) is 12.5. The topological polar surface area (TPSA) is 29.3 Å². The minimum absolute atomic E-state index is 0.454. The molecule has 3 rings (SSSR count). The molecule has 2 atom stereocenters. The van der Waals surface area contributed by atoms with Gasteiger partial charge in [0.05, 0.1) is 0 Å². The van der Waals surface area contributed by atoms with Gasteiger partial charge in [-0.1, -0.05) is 43.2 Å². The zero-order valence-electron chi connectivity index (χ0n) is 12.5. The summed E-state index contributed by atoms with van der Waals surface area (Å²) >= 11 is 0. The molecule has 1 aromatic rings. The molecule has 20 heavy (non-hydrogen) atoms. The second-order valence-corrected chi connectivity index (χ2v) is 6.69. The molecule has 2 aliphatic rings. The standard InChI is InChI=1S/C18H28N2/c19-18-9-5-4-8-17(18)14-20-12-10-16(11-13-20)15-6-2-1-3-7-15/h1-3,6-7,16-18H,4-5,8-14,19H2/t17-,18+/m0/s1. The second-order valence-electron chi connectivity index (χ2n) is 6.69. The van der Waals surface area contributed by atoms with E-state index in [9.17, 15) is 0 Å². The van der Waals surface area contributed by atoms with Crippen LogP contribution < -0.4 is 5.73 Å². The average molecular weight is 272 g/mol. The van der Waals surface area contributed by atoms with Crippen LogP contribution in [0.15, 0.2) is 30.3 Å². The molecule has 2 nitrogen and oxygen atoms in total. The smallest absolute Gasteiger partial charge is 0.00793 e. The number of likely N-dealkylation sites (tertiary alicyclic amines) is 1. The summed E-state index contributed by atoms with van der Waals surface area (Å²) in [4.78, 5) is 2.66. The summed E-state index contributed by atoms with van der Waals surface area (Å²) in [6.45, 7) is 3.74. The van der Waals surface area contributed by atoms with E-state index in [1.165, 1.54) is 63.7 Å². The number of hydrogen-bond donors (Lipinski definition) is 1. The molecule has 1 aliphatic carbocycles. The van der Waals surface area contributed by atoms with Crippen molar-refractivity contribution in [2.75, 3.05) is 19.6 Å². The van der Waals surface area contributed by atoms with Crippen molar-refractivity contribution in [3.8, 4) is 0 Å². The molecule has 1 saturated heterocycles. The largest absolute Gasteiger partial charge is 0.327 e. The zero-order chi connectivity index (χ0) is 13.8. The minimum atomic E-state index is 0.454. The van der Waals surface area contributed by atoms with E-state index >= 15 is 0 Å². The van der Waals surface area contributed by atoms with Gasteiger partial charge < -0.3 is 10.6 Å². The highest BCUT2D eigenvalue weighted by Gasteiger charge is 2.26. The molecule has 0 unspecified atom stereocenters. The van der Waals surface area contributed by atoms with Crippen molar-refractivity contribution in [3.63, 3.8) is 0 Å². The van der Waals surface area contributed by atoms with Gasteiger partial charge in [-0.3, -0.25) is 0 Å². The fraction of sp³-hybridized carbons (Fsp3) is 0.667. The highest BCUT2D eigenvalue weighted by atomic mass is 15.1. The Bertz CT molecular complexity index is 395. The van der Waals surface area contributed by atoms with Crippen molar-refractivity contribution >= 4 is 0 Å². The molecule has 1 aromatic carbocycles. The maximum absolute atomic E-state index is 6.29. The first-order valence-corrected chi connectivity index (χ1v) is 8.36. The van der Waals surface area contributed by atoms with E-state index in [4.69, 9.17) is 5.73 Å². The predicted octanol–water partition coefficient (Wildman–Crippen LogP) is 3.38. The Hall–Kier alpha value is -0.860. The van der Waals surface area contributed by atoms with Gasteiger partial charge in [0.15, 0.2) is 0 Å². The van der Waals surface area contributed by atoms with Gasteiger partial charge in [0.2, 0.25) is 0 Å². The van der Waals surface area contributed by atoms with E-state index in [0.29, 0.717) is 6.04 Å². The van der Waals surface area contributed by atoms with Gasteiger partial charge in [0.1, 0.15) is 0 Å². The first-order valence-electron chi connectivity index (χ1n) is 8.36. The molecule has 2 N–H and O–H groups in total. The lowest BCUT2D eigenvalue weighted by Gasteiger charge is -2.37. The van der Waals surface area contributed by atoms with Gasteiger partial charge in [-0.2, -0.15) is 0 Å². The third-order valence-electron chi connectivity index (χ3n) is 5.32. The van der Waals surface area contributed by atoms with E-state index in [2.05, 4.69) is 35.2 Å². The maximum atomic E-state index is 6.29. The molecule has 2 heteroatoms. The Morgan fingerprint density at radius 3 is 2.35 bits per heavy atom. The summed E-state index contributed by atoms with van der Waals surface area (Å²) < 4.78 is 0. The Balaban J connectivity index is 1.49. The number of hydrogen-bond acceptors (Lipinski definition) is 2. The van der Waals surface area contributed by atoms with E-state index in [1.807, 2.05) is 0 Å². The van der Waals surface area contributed by atoms with Gasteiger partial charge in [-0.15, -0.1) is 0 Å². The van der Waals surface area contributed by atoms with Crippen LogP contribution in [0.1, 0.15) is 50.0 Å². The van der Waals surface area contributed by atoms with Crippen LogP contribution in [0, 0.1) is 5.92 Å². The highest BCUT2D eigenvalue weighted by molar-refractivity contribution is 5.20. The second kappa shape index (κ2) is 6.73. The average Bonchev–Trinajstić information content (AvgIpc) is 2.51. The molecular weight excluding hydrogens is 244 g/mol. The Morgan fingerprint density at radius 1 is 0.950 bits per heavy atom. The number of nitrogens with two attached hydrogens (primary N) is 1. The number of piperidine rings is 1. The summed E-state index contributed by atoms with van der Waals surface area (Å²) in [5.74, 6) is 1.52. The van der Waals surface area contributed by atoms with Gasteiger partial charge in [0.25, 0.3) is 0 Å². The van der Waals surface area contributed by atoms with Crippen LogP contribution in [-0.4, -0.2) is 30.6 Å². The Morgan fingerprint density at radius 2 is 1.65 bits per heavy atom. The van der Waals surface area contributed by atoms with E-state index in [0.717, 1.165) is 11.8 Å². The van der Waals surface area contributed by atoms with E-state index in [1.54, 1.807) is 0 Å². The summed E-state index contributed by atoms with van der Waals surface area (Å²) in [5.41, 5.74) is 7.82. The van der Waals surface area contributed by atoms with Crippen LogP contribution >= 0.6 is 0 Å². The molecule has 110 valence electrons. The molecule has 1 saturated carbocycles. The van der Waals surface area contributed by atoms with Crippen LogP contribution in [0.3, 0.4) is 0 Å². The quantitative estimate of drug-likeness (QED) is 0.914. The van der Waals surface area contributed by atoms with Crippen LogP contribution in [-0.2, 0) is 0 Å². The maximum Gasteiger partial charge on any atom is 0.00793 e. The molecule has 2 fully saturated rings. The van der Waals surface area contributed by atoms with Gasteiger partial charge in [-0.25, -0.2) is 0 Å². The van der Waals surface area contributed by atoms with Crippen LogP contribution in [0.4, 0.5) is 0 Å². The summed E-state index contributed by atoms with van der Waals surface area (Å²) in [5, 5.41) is 0. The lowest BCUT2D eigenvalue weighted by molar-refractivity contribution is 0.152. The van der Waals surface area contributed by atoms with Crippen molar-refractivity contribution in [3.05, 3.63) is 35.9 Å². The molecule has 0 bridgehead atoms. The fourth-order valence-electron chi connectivity index (χ4n) is 3.97. The summed E-state index contributed by atoms with van der Waals surface area (Å²) in [7, 11) is 0. The molecule has 0 radical (unpaired) electrons. The fourth-order valence-corrected chi connectivity index (χ4v) is 3.97. The van der Waals surface area contributed by atoms with Gasteiger partial charge in [-0.05, 0) is 56.2 Å². The van der Waals surface area contributed by atoms with E-state index in [-0.39, 0.29) is 0 Å². The number of nitrogens with zero attached hydrogens (tertiary/aromatic N) is 1. The molecular formula is C18H28N2. The van der Waals surface area contributed by atoms with Crippen molar-refractivity contribution in [1.29, 1.82) is 0 Å². The van der Waals surface area contributed by atoms with Crippen molar-refractivity contribution in [2.45, 2.75) is 50.5 Å². The van der Waals surface area contributed by atoms with Crippen LogP contribution in [0.5, 0.6) is 0 Å². The molecule has 0 spiro atoms. The Labute approximate surface area is 123 Å². The van der Waals surface area contributed by atoms with Gasteiger partial charge in [0, 0.05) is 12.6 Å². The monoisotopic (exact) mass is 272 g/mol. The molecule has 0 aromatic heterocycles. The van der Waals surface area contributed by atoms with Crippen molar-refractivity contribution < 1.29 is 0 Å². The molecule has 1 aliphatic heterocycles. The van der Waals surface area contributed by atoms with Crippen LogP contribution in [0.25, 0.3) is 0 Å². The first-order chi connectivity index (χ1) is 9.83. The van der Waals surface area contributed by atoms with Crippen LogP contribution in [0.2, 0.25) is 0 Å². The number of rotatable bonds is 3. The van der Waals surface area contributed by atoms with Gasteiger partial charge >= 0.3 is 0 Å². The minimum Gasteiger partial charge on any atom is -0.327 e. The predicted molar refractivity (Wildman–Crippen MR) is 84.8 cm³/mol. The lowest BCUT2D eigenvalue weighted by Crippen LogP contribution is -2.43. The third-order valence-corrected chi connectivity index (χ3v) is 5.32.